The van der Waals surface area contributed by atoms with Gasteiger partial charge < -0.3 is 9.47 Å². The maximum absolute atomic E-state index is 5.79. The van der Waals surface area contributed by atoms with Crippen molar-refractivity contribution in [1.29, 1.82) is 0 Å². The largest absolute Gasteiger partial charge is 0.447 e. The molecule has 2 heteroatoms. The van der Waals surface area contributed by atoms with Crippen molar-refractivity contribution in [3.8, 4) is 11.5 Å². The van der Waals surface area contributed by atoms with Crippen LogP contribution in [0.15, 0.2) is 60.7 Å². The maximum atomic E-state index is 5.79. The molecule has 0 atom stereocenters. The quantitative estimate of drug-likeness (QED) is 0.644. The second-order valence-electron chi connectivity index (χ2n) is 4.52. The Morgan fingerprint density at radius 3 is 2.21 bits per heavy atom. The van der Waals surface area contributed by atoms with Gasteiger partial charge in [-0.05, 0) is 22.9 Å². The van der Waals surface area contributed by atoms with E-state index in [-0.39, 0.29) is 0 Å². The normalized spacial score (nSPS) is 13.9. The van der Waals surface area contributed by atoms with Crippen molar-refractivity contribution in [2.24, 2.45) is 0 Å². The molecule has 1 aliphatic rings. The van der Waals surface area contributed by atoms with E-state index in [2.05, 4.69) is 18.2 Å². The van der Waals surface area contributed by atoms with Crippen LogP contribution in [0.2, 0.25) is 0 Å². The van der Waals surface area contributed by atoms with E-state index in [1.54, 1.807) is 0 Å². The van der Waals surface area contributed by atoms with Gasteiger partial charge in [0.2, 0.25) is 0 Å². The van der Waals surface area contributed by atoms with Gasteiger partial charge in [-0.2, -0.15) is 0 Å². The van der Waals surface area contributed by atoms with Gasteiger partial charge in [0.1, 0.15) is 0 Å². The fraction of sp³-hybridized carbons (Fsp3) is 0.0588. The molecule has 0 aromatic heterocycles. The molecule has 0 spiro atoms. The molecule has 2 nitrogen and oxygen atoms in total. The highest BCUT2D eigenvalue weighted by atomic mass is 16.7. The van der Waals surface area contributed by atoms with Gasteiger partial charge in [0.15, 0.2) is 11.5 Å². The summed E-state index contributed by atoms with van der Waals surface area (Å²) in [4.78, 5) is 0. The molecular formula is C17H11O2. The molecule has 0 fully saturated rings. The third-order valence-electron chi connectivity index (χ3n) is 3.25. The molecule has 0 saturated heterocycles. The van der Waals surface area contributed by atoms with E-state index in [9.17, 15) is 0 Å². The van der Waals surface area contributed by atoms with Crippen LogP contribution in [-0.4, -0.2) is 0 Å². The Kier molecular flexibility index (Phi) is 2.21. The van der Waals surface area contributed by atoms with Crippen LogP contribution in [0.4, 0.5) is 0 Å². The van der Waals surface area contributed by atoms with Crippen molar-refractivity contribution in [3.05, 3.63) is 72.3 Å². The molecule has 91 valence electrons. The summed E-state index contributed by atoms with van der Waals surface area (Å²) in [6, 6.07) is 23.3. The van der Waals surface area contributed by atoms with E-state index >= 15 is 0 Å². The molecular weight excluding hydrogens is 236 g/mol. The monoisotopic (exact) mass is 247 g/mol. The van der Waals surface area contributed by atoms with Crippen LogP contribution in [0.5, 0.6) is 11.5 Å². The van der Waals surface area contributed by atoms with Crippen LogP contribution >= 0.6 is 0 Å². The highest BCUT2D eigenvalue weighted by molar-refractivity contribution is 5.82. The fourth-order valence-electron chi connectivity index (χ4n) is 2.30. The minimum absolute atomic E-state index is 0.401. The molecule has 1 aliphatic heterocycles. The average Bonchev–Trinajstić information content (AvgIpc) is 2.90. The standard InChI is InChI=1S/C17H11O2/c1-2-6-13-11-14(10-9-12(13)5-1)17-18-15-7-3-4-8-16(15)19-17/h1-10,17H. The van der Waals surface area contributed by atoms with Gasteiger partial charge in [0, 0.05) is 11.6 Å². The lowest BCUT2D eigenvalue weighted by Gasteiger charge is -2.10. The first-order valence-electron chi connectivity index (χ1n) is 6.23. The predicted molar refractivity (Wildman–Crippen MR) is 73.2 cm³/mol. The third kappa shape index (κ3) is 1.73. The molecule has 0 amide bonds. The van der Waals surface area contributed by atoms with Crippen molar-refractivity contribution < 1.29 is 9.47 Å². The highest BCUT2D eigenvalue weighted by Crippen LogP contribution is 2.40. The van der Waals surface area contributed by atoms with Gasteiger partial charge in [-0.3, -0.25) is 0 Å². The molecule has 1 radical (unpaired) electrons. The average molecular weight is 247 g/mol. The lowest BCUT2D eigenvalue weighted by Crippen LogP contribution is -2.07. The van der Waals surface area contributed by atoms with Crippen LogP contribution < -0.4 is 9.47 Å². The van der Waals surface area contributed by atoms with Gasteiger partial charge >= 0.3 is 0 Å². The van der Waals surface area contributed by atoms with Gasteiger partial charge in [0.25, 0.3) is 6.29 Å². The second-order valence-corrected chi connectivity index (χ2v) is 4.52. The fourth-order valence-corrected chi connectivity index (χ4v) is 2.30. The highest BCUT2D eigenvalue weighted by Gasteiger charge is 2.25. The zero-order chi connectivity index (χ0) is 12.7. The minimum atomic E-state index is -0.401. The van der Waals surface area contributed by atoms with Crippen molar-refractivity contribution in [2.45, 2.75) is 6.29 Å². The number of para-hydroxylation sites is 2. The van der Waals surface area contributed by atoms with Crippen molar-refractivity contribution in [2.75, 3.05) is 0 Å². The van der Waals surface area contributed by atoms with Crippen molar-refractivity contribution in [3.63, 3.8) is 0 Å². The number of benzene rings is 3. The van der Waals surface area contributed by atoms with Crippen LogP contribution in [0.25, 0.3) is 10.8 Å². The lowest BCUT2D eigenvalue weighted by molar-refractivity contribution is 0.0486. The zero-order valence-electron chi connectivity index (χ0n) is 10.2. The Morgan fingerprint density at radius 1 is 0.737 bits per heavy atom. The first-order valence-corrected chi connectivity index (χ1v) is 6.23. The number of fused-ring (bicyclic) bond motifs is 2. The minimum Gasteiger partial charge on any atom is -0.447 e. The summed E-state index contributed by atoms with van der Waals surface area (Å²) in [5, 5.41) is 2.24. The summed E-state index contributed by atoms with van der Waals surface area (Å²) < 4.78 is 11.6. The van der Waals surface area contributed by atoms with Gasteiger partial charge in [-0.25, -0.2) is 0 Å². The topological polar surface area (TPSA) is 18.5 Å². The number of hydrogen-bond donors (Lipinski definition) is 0. The SMILES string of the molecule is [c]1c(C2Oc3ccccc3O2)ccc2ccccc12. The van der Waals surface area contributed by atoms with Crippen LogP contribution in [0, 0.1) is 6.07 Å². The summed E-state index contributed by atoms with van der Waals surface area (Å²) in [5.74, 6) is 1.57. The molecule has 4 rings (SSSR count). The molecule has 0 N–H and O–H groups in total. The summed E-state index contributed by atoms with van der Waals surface area (Å²) in [7, 11) is 0. The van der Waals surface area contributed by atoms with E-state index in [0.717, 1.165) is 22.4 Å². The van der Waals surface area contributed by atoms with Crippen LogP contribution in [-0.2, 0) is 0 Å². The Bertz CT molecular complexity index is 724. The molecule has 0 bridgehead atoms. The predicted octanol–water partition coefficient (Wildman–Crippen LogP) is 4.11. The number of ether oxygens (including phenoxy) is 2. The summed E-state index contributed by atoms with van der Waals surface area (Å²) >= 11 is 0. The molecule has 19 heavy (non-hydrogen) atoms. The summed E-state index contributed by atoms with van der Waals surface area (Å²) in [6.45, 7) is 0. The van der Waals surface area contributed by atoms with Gasteiger partial charge in [-0.1, -0.05) is 48.5 Å². The van der Waals surface area contributed by atoms with E-state index in [1.807, 2.05) is 48.5 Å². The Labute approximate surface area is 111 Å². The van der Waals surface area contributed by atoms with E-state index in [4.69, 9.17) is 9.47 Å². The second kappa shape index (κ2) is 4.02. The van der Waals surface area contributed by atoms with Crippen LogP contribution in [0.3, 0.4) is 0 Å². The smallest absolute Gasteiger partial charge is 0.268 e. The van der Waals surface area contributed by atoms with Crippen molar-refractivity contribution in [1.82, 2.24) is 0 Å². The Balaban J connectivity index is 1.73. The first-order chi connectivity index (χ1) is 9.40. The maximum Gasteiger partial charge on any atom is 0.268 e. The van der Waals surface area contributed by atoms with E-state index in [0.29, 0.717) is 0 Å². The Hall–Kier alpha value is -2.48. The molecule has 3 aromatic rings. The number of rotatable bonds is 1. The third-order valence-corrected chi connectivity index (χ3v) is 3.25. The number of hydrogen-bond acceptors (Lipinski definition) is 2. The first kappa shape index (κ1) is 10.4. The Morgan fingerprint density at radius 2 is 1.42 bits per heavy atom. The van der Waals surface area contributed by atoms with Gasteiger partial charge in [0.05, 0.1) is 0 Å². The van der Waals surface area contributed by atoms with Gasteiger partial charge in [-0.15, -0.1) is 0 Å². The summed E-state index contributed by atoms with van der Waals surface area (Å²) in [5.41, 5.74) is 0.912. The molecule has 3 aromatic carbocycles. The molecule has 0 unspecified atom stereocenters. The van der Waals surface area contributed by atoms with Crippen molar-refractivity contribution >= 4 is 10.8 Å². The molecule has 1 heterocycles. The lowest BCUT2D eigenvalue weighted by atomic mass is 10.1. The molecule has 0 saturated carbocycles. The van der Waals surface area contributed by atoms with E-state index < -0.39 is 6.29 Å². The summed E-state index contributed by atoms with van der Waals surface area (Å²) in [6.07, 6.45) is -0.401. The van der Waals surface area contributed by atoms with E-state index in [1.165, 1.54) is 5.39 Å². The zero-order valence-corrected chi connectivity index (χ0v) is 10.2. The van der Waals surface area contributed by atoms with Crippen LogP contribution in [0.1, 0.15) is 11.9 Å². The molecule has 0 aliphatic carbocycles.